The number of halogens is 1. The molecule has 0 atom stereocenters. The van der Waals surface area contributed by atoms with Gasteiger partial charge in [0.15, 0.2) is 0 Å². The number of hydrogen-bond acceptors (Lipinski definition) is 3. The minimum atomic E-state index is -0.0685. The average molecular weight is 323 g/mol. The SMILES string of the molecule is Cc1ccc(Br)cc1C(=O)NCCc1nncn1C. The van der Waals surface area contributed by atoms with Gasteiger partial charge in [-0.15, -0.1) is 10.2 Å². The first-order valence-corrected chi connectivity index (χ1v) is 6.74. The van der Waals surface area contributed by atoms with Crippen molar-refractivity contribution in [3.63, 3.8) is 0 Å². The molecule has 0 fully saturated rings. The van der Waals surface area contributed by atoms with Gasteiger partial charge in [0, 0.05) is 30.0 Å². The molecule has 0 radical (unpaired) electrons. The maximum absolute atomic E-state index is 12.1. The lowest BCUT2D eigenvalue weighted by Gasteiger charge is -2.08. The number of aromatic nitrogens is 3. The maximum atomic E-state index is 12.1. The van der Waals surface area contributed by atoms with Crippen LogP contribution in [-0.2, 0) is 13.5 Å². The van der Waals surface area contributed by atoms with E-state index < -0.39 is 0 Å². The Morgan fingerprint density at radius 2 is 2.26 bits per heavy atom. The molecule has 2 aromatic rings. The molecular weight excluding hydrogens is 308 g/mol. The number of rotatable bonds is 4. The molecule has 1 N–H and O–H groups in total. The molecule has 0 saturated heterocycles. The normalized spacial score (nSPS) is 10.5. The minimum absolute atomic E-state index is 0.0685. The van der Waals surface area contributed by atoms with Gasteiger partial charge in [-0.25, -0.2) is 0 Å². The summed E-state index contributed by atoms with van der Waals surface area (Å²) in [5.41, 5.74) is 1.65. The van der Waals surface area contributed by atoms with Crippen molar-refractivity contribution in [2.45, 2.75) is 13.3 Å². The van der Waals surface area contributed by atoms with E-state index >= 15 is 0 Å². The molecule has 19 heavy (non-hydrogen) atoms. The van der Waals surface area contributed by atoms with E-state index in [1.165, 1.54) is 0 Å². The smallest absolute Gasteiger partial charge is 0.251 e. The number of benzene rings is 1. The third kappa shape index (κ3) is 3.41. The number of nitrogens with zero attached hydrogens (tertiary/aromatic N) is 3. The van der Waals surface area contributed by atoms with Gasteiger partial charge in [-0.1, -0.05) is 22.0 Å². The van der Waals surface area contributed by atoms with Crippen LogP contribution in [0.15, 0.2) is 29.0 Å². The van der Waals surface area contributed by atoms with E-state index in [1.807, 2.05) is 36.7 Å². The molecule has 1 aromatic carbocycles. The highest BCUT2D eigenvalue weighted by Gasteiger charge is 2.09. The Balaban J connectivity index is 1.94. The van der Waals surface area contributed by atoms with E-state index in [9.17, 15) is 4.79 Å². The van der Waals surface area contributed by atoms with Gasteiger partial charge < -0.3 is 9.88 Å². The van der Waals surface area contributed by atoms with Gasteiger partial charge in [-0.2, -0.15) is 0 Å². The van der Waals surface area contributed by atoms with Crippen LogP contribution in [0, 0.1) is 6.92 Å². The van der Waals surface area contributed by atoms with Crippen LogP contribution in [0.3, 0.4) is 0 Å². The number of carbonyl (C=O) groups excluding carboxylic acids is 1. The summed E-state index contributed by atoms with van der Waals surface area (Å²) in [7, 11) is 1.88. The second-order valence-corrected chi connectivity index (χ2v) is 5.24. The summed E-state index contributed by atoms with van der Waals surface area (Å²) in [5.74, 6) is 0.784. The zero-order valence-corrected chi connectivity index (χ0v) is 12.4. The van der Waals surface area contributed by atoms with Crippen molar-refractivity contribution in [1.82, 2.24) is 20.1 Å². The molecule has 1 heterocycles. The van der Waals surface area contributed by atoms with Crippen molar-refractivity contribution in [3.05, 3.63) is 46.0 Å². The van der Waals surface area contributed by atoms with Crippen LogP contribution >= 0.6 is 15.9 Å². The molecule has 1 aromatic heterocycles. The highest BCUT2D eigenvalue weighted by Crippen LogP contribution is 2.15. The lowest BCUT2D eigenvalue weighted by Crippen LogP contribution is -2.27. The van der Waals surface area contributed by atoms with E-state index in [0.29, 0.717) is 18.5 Å². The highest BCUT2D eigenvalue weighted by atomic mass is 79.9. The molecule has 0 unspecified atom stereocenters. The fourth-order valence-corrected chi connectivity index (χ4v) is 2.12. The lowest BCUT2D eigenvalue weighted by atomic mass is 10.1. The van der Waals surface area contributed by atoms with Gasteiger partial charge in [-0.3, -0.25) is 4.79 Å². The van der Waals surface area contributed by atoms with Crippen molar-refractivity contribution in [3.8, 4) is 0 Å². The second kappa shape index (κ2) is 5.97. The Labute approximate surface area is 120 Å². The van der Waals surface area contributed by atoms with Crippen LogP contribution < -0.4 is 5.32 Å². The third-order valence-electron chi connectivity index (χ3n) is 2.88. The van der Waals surface area contributed by atoms with Crippen molar-refractivity contribution in [2.75, 3.05) is 6.54 Å². The van der Waals surface area contributed by atoms with Gasteiger partial charge >= 0.3 is 0 Å². The first-order chi connectivity index (χ1) is 9.08. The Bertz CT molecular complexity index is 594. The van der Waals surface area contributed by atoms with E-state index in [4.69, 9.17) is 0 Å². The molecule has 0 aliphatic heterocycles. The Morgan fingerprint density at radius 1 is 1.47 bits per heavy atom. The zero-order chi connectivity index (χ0) is 13.8. The zero-order valence-electron chi connectivity index (χ0n) is 10.9. The van der Waals surface area contributed by atoms with Gasteiger partial charge in [0.2, 0.25) is 0 Å². The fraction of sp³-hybridized carbons (Fsp3) is 0.308. The van der Waals surface area contributed by atoms with Crippen molar-refractivity contribution in [1.29, 1.82) is 0 Å². The molecule has 6 heteroatoms. The first-order valence-electron chi connectivity index (χ1n) is 5.95. The number of aryl methyl sites for hydroxylation is 2. The number of hydrogen-bond donors (Lipinski definition) is 1. The molecule has 0 spiro atoms. The molecule has 1 amide bonds. The summed E-state index contributed by atoms with van der Waals surface area (Å²) in [4.78, 5) is 12.1. The minimum Gasteiger partial charge on any atom is -0.352 e. The Kier molecular flexibility index (Phi) is 4.31. The molecule has 0 aliphatic rings. The molecular formula is C13H15BrN4O. The summed E-state index contributed by atoms with van der Waals surface area (Å²) in [6.45, 7) is 2.46. The molecule has 100 valence electrons. The van der Waals surface area contributed by atoms with Crippen molar-refractivity contribution < 1.29 is 4.79 Å². The standard InChI is InChI=1S/C13H15BrN4O/c1-9-3-4-10(14)7-11(9)13(19)15-6-5-12-17-16-8-18(12)2/h3-4,7-8H,5-6H2,1-2H3,(H,15,19). The third-order valence-corrected chi connectivity index (χ3v) is 3.38. The van der Waals surface area contributed by atoms with Gasteiger partial charge in [-0.05, 0) is 24.6 Å². The fourth-order valence-electron chi connectivity index (χ4n) is 1.76. The predicted octanol–water partition coefficient (Wildman–Crippen LogP) is 1.86. The van der Waals surface area contributed by atoms with Crippen molar-refractivity contribution >= 4 is 21.8 Å². The van der Waals surface area contributed by atoms with E-state index in [1.54, 1.807) is 6.33 Å². The number of amides is 1. The highest BCUT2D eigenvalue weighted by molar-refractivity contribution is 9.10. The summed E-state index contributed by atoms with van der Waals surface area (Å²) in [6, 6.07) is 5.67. The maximum Gasteiger partial charge on any atom is 0.251 e. The molecule has 0 saturated carbocycles. The van der Waals surface area contributed by atoms with Crippen LogP contribution in [0.2, 0.25) is 0 Å². The summed E-state index contributed by atoms with van der Waals surface area (Å²) in [5, 5.41) is 10.7. The topological polar surface area (TPSA) is 59.8 Å². The summed E-state index contributed by atoms with van der Waals surface area (Å²) < 4.78 is 2.74. The van der Waals surface area contributed by atoms with Crippen LogP contribution in [0.5, 0.6) is 0 Å². The van der Waals surface area contributed by atoms with E-state index in [2.05, 4.69) is 31.4 Å². The predicted molar refractivity (Wildman–Crippen MR) is 75.9 cm³/mol. The second-order valence-electron chi connectivity index (χ2n) is 4.32. The van der Waals surface area contributed by atoms with Gasteiger partial charge in [0.05, 0.1) is 0 Å². The Morgan fingerprint density at radius 3 is 2.95 bits per heavy atom. The molecule has 2 rings (SSSR count). The van der Waals surface area contributed by atoms with Crippen LogP contribution in [0.4, 0.5) is 0 Å². The Hall–Kier alpha value is -1.69. The average Bonchev–Trinajstić information content (AvgIpc) is 2.78. The van der Waals surface area contributed by atoms with Gasteiger partial charge in [0.1, 0.15) is 12.2 Å². The number of nitrogens with one attached hydrogen (secondary N) is 1. The molecule has 0 bridgehead atoms. The van der Waals surface area contributed by atoms with Crippen LogP contribution in [0.25, 0.3) is 0 Å². The van der Waals surface area contributed by atoms with E-state index in [0.717, 1.165) is 15.9 Å². The van der Waals surface area contributed by atoms with Crippen LogP contribution in [0.1, 0.15) is 21.7 Å². The summed E-state index contributed by atoms with van der Waals surface area (Å²) >= 11 is 3.37. The summed E-state index contributed by atoms with van der Waals surface area (Å²) in [6.07, 6.45) is 2.31. The first kappa shape index (κ1) is 13.7. The van der Waals surface area contributed by atoms with E-state index in [-0.39, 0.29) is 5.91 Å². The number of carbonyl (C=O) groups is 1. The monoisotopic (exact) mass is 322 g/mol. The lowest BCUT2D eigenvalue weighted by molar-refractivity contribution is 0.0953. The molecule has 0 aliphatic carbocycles. The van der Waals surface area contributed by atoms with Crippen LogP contribution in [-0.4, -0.2) is 27.2 Å². The quantitative estimate of drug-likeness (QED) is 0.934. The molecule has 5 nitrogen and oxygen atoms in total. The van der Waals surface area contributed by atoms with Crippen molar-refractivity contribution in [2.24, 2.45) is 7.05 Å². The largest absolute Gasteiger partial charge is 0.352 e. The van der Waals surface area contributed by atoms with Gasteiger partial charge in [0.25, 0.3) is 5.91 Å².